The zero-order chi connectivity index (χ0) is 17.2. The summed E-state index contributed by atoms with van der Waals surface area (Å²) in [4.78, 5) is 8.65. The van der Waals surface area contributed by atoms with Crippen molar-refractivity contribution in [2.45, 2.75) is 13.8 Å². The van der Waals surface area contributed by atoms with E-state index >= 15 is 0 Å². The first-order valence-corrected chi connectivity index (χ1v) is 8.26. The predicted octanol–water partition coefficient (Wildman–Crippen LogP) is 5.02. The molecule has 1 radical (unpaired) electrons. The van der Waals surface area contributed by atoms with Crippen molar-refractivity contribution >= 4 is 0 Å². The minimum Gasteiger partial charge on any atom is -0.340 e. The number of pyridine rings is 1. The zero-order valence-corrected chi connectivity index (χ0v) is 17.0. The molecule has 2 aromatic heterocycles. The minimum atomic E-state index is 0. The number of hydrogen-bond donors (Lipinski definition) is 0. The van der Waals surface area contributed by atoms with Gasteiger partial charge in [-0.3, -0.25) is 9.97 Å². The van der Waals surface area contributed by atoms with E-state index in [0.29, 0.717) is 0 Å². The maximum atomic E-state index is 4.55. The van der Waals surface area contributed by atoms with Gasteiger partial charge in [0.05, 0.1) is 5.82 Å². The second-order valence-electron chi connectivity index (χ2n) is 6.09. The summed E-state index contributed by atoms with van der Waals surface area (Å²) in [6, 6.07) is 19.7. The molecule has 0 aliphatic carbocycles. The van der Waals surface area contributed by atoms with Crippen molar-refractivity contribution in [2.24, 2.45) is 0 Å². The van der Waals surface area contributed by atoms with Crippen molar-refractivity contribution in [3.05, 3.63) is 90.5 Å². The molecule has 0 fully saturated rings. The summed E-state index contributed by atoms with van der Waals surface area (Å²) in [7, 11) is 0. The topological polar surface area (TPSA) is 30.7 Å². The van der Waals surface area contributed by atoms with E-state index in [4.69, 9.17) is 0 Å². The Balaban J connectivity index is 0.00000196. The monoisotopic (exact) mass is 517 g/mol. The van der Waals surface area contributed by atoms with Crippen LogP contribution in [0, 0.1) is 19.9 Å². The standard InChI is InChI=1S/C22H18N3.Ir/c1-16-14-20(18-8-10-23-11-9-18)15-17(2)21(16)25-13-12-24-22(25)19-6-4-3-5-7-19;/h3-6,8-15H,1-2H3;/q-1;. The van der Waals surface area contributed by atoms with Crippen LogP contribution in [0.1, 0.15) is 11.1 Å². The van der Waals surface area contributed by atoms with E-state index in [2.05, 4.69) is 46.6 Å². The zero-order valence-electron chi connectivity index (χ0n) is 14.6. The molecule has 2 heterocycles. The molecule has 0 N–H and O–H groups in total. The number of aryl methyl sites for hydroxylation is 2. The van der Waals surface area contributed by atoms with Gasteiger partial charge in [0.2, 0.25) is 0 Å². The number of benzene rings is 2. The Hall–Kier alpha value is -2.55. The maximum absolute atomic E-state index is 4.55. The van der Waals surface area contributed by atoms with E-state index in [9.17, 15) is 0 Å². The van der Waals surface area contributed by atoms with Crippen LogP contribution in [-0.4, -0.2) is 14.5 Å². The summed E-state index contributed by atoms with van der Waals surface area (Å²) in [5, 5.41) is 0. The Bertz CT molecular complexity index is 985. The van der Waals surface area contributed by atoms with Gasteiger partial charge in [0.1, 0.15) is 0 Å². The van der Waals surface area contributed by atoms with Gasteiger partial charge >= 0.3 is 0 Å². The van der Waals surface area contributed by atoms with Gasteiger partial charge in [-0.2, -0.15) is 0 Å². The second-order valence-corrected chi connectivity index (χ2v) is 6.09. The van der Waals surface area contributed by atoms with Crippen molar-refractivity contribution in [1.29, 1.82) is 0 Å². The maximum Gasteiger partial charge on any atom is 0.0602 e. The summed E-state index contributed by atoms with van der Waals surface area (Å²) in [5.74, 6) is 0.906. The molecule has 0 aliphatic heterocycles. The molecule has 0 aliphatic rings. The van der Waals surface area contributed by atoms with Crippen molar-refractivity contribution in [3.8, 4) is 28.2 Å². The number of aromatic nitrogens is 3. The third kappa shape index (κ3) is 3.39. The van der Waals surface area contributed by atoms with Crippen molar-refractivity contribution in [3.63, 3.8) is 0 Å². The number of imidazole rings is 1. The van der Waals surface area contributed by atoms with E-state index in [1.54, 1.807) is 0 Å². The first-order chi connectivity index (χ1) is 12.2. The smallest absolute Gasteiger partial charge is 0.0602 e. The molecule has 0 saturated carbocycles. The Morgan fingerprint density at radius 3 is 2.27 bits per heavy atom. The van der Waals surface area contributed by atoms with Crippen LogP contribution in [0.2, 0.25) is 0 Å². The third-order valence-corrected chi connectivity index (χ3v) is 4.34. The Labute approximate surface area is 167 Å². The van der Waals surface area contributed by atoms with Gasteiger partial charge in [-0.05, 0) is 60.4 Å². The van der Waals surface area contributed by atoms with Gasteiger partial charge in [0, 0.05) is 50.6 Å². The molecule has 3 nitrogen and oxygen atoms in total. The largest absolute Gasteiger partial charge is 0.340 e. The van der Waals surface area contributed by atoms with Crippen LogP contribution >= 0.6 is 0 Å². The molecule has 0 unspecified atom stereocenters. The molecule has 0 saturated heterocycles. The van der Waals surface area contributed by atoms with Crippen LogP contribution in [0.4, 0.5) is 0 Å². The summed E-state index contributed by atoms with van der Waals surface area (Å²) in [5.41, 5.74) is 6.96. The molecular formula is C22H18IrN3-. The molecule has 0 spiro atoms. The van der Waals surface area contributed by atoms with Crippen LogP contribution in [0.25, 0.3) is 28.2 Å². The normalized spacial score (nSPS) is 10.4. The first-order valence-electron chi connectivity index (χ1n) is 8.26. The van der Waals surface area contributed by atoms with Gasteiger partial charge in [-0.25, -0.2) is 0 Å². The van der Waals surface area contributed by atoms with Crippen molar-refractivity contribution in [2.75, 3.05) is 0 Å². The van der Waals surface area contributed by atoms with E-state index in [1.807, 2.05) is 61.2 Å². The first kappa shape index (κ1) is 18.2. The van der Waals surface area contributed by atoms with E-state index in [1.165, 1.54) is 27.9 Å². The van der Waals surface area contributed by atoms with E-state index in [0.717, 1.165) is 11.4 Å². The van der Waals surface area contributed by atoms with E-state index in [-0.39, 0.29) is 20.1 Å². The van der Waals surface area contributed by atoms with Crippen LogP contribution in [-0.2, 0) is 20.1 Å². The summed E-state index contributed by atoms with van der Waals surface area (Å²) in [6.45, 7) is 4.29. The number of hydrogen-bond acceptors (Lipinski definition) is 2. The van der Waals surface area contributed by atoms with Crippen LogP contribution in [0.15, 0.2) is 73.3 Å². The fraction of sp³-hybridized carbons (Fsp3) is 0.0909. The van der Waals surface area contributed by atoms with Crippen molar-refractivity contribution < 1.29 is 20.1 Å². The summed E-state index contributed by atoms with van der Waals surface area (Å²) < 4.78 is 2.15. The Kier molecular flexibility index (Phi) is 5.46. The average molecular weight is 517 g/mol. The number of rotatable bonds is 3. The van der Waals surface area contributed by atoms with Crippen LogP contribution in [0.5, 0.6) is 0 Å². The molecule has 2 aromatic carbocycles. The quantitative estimate of drug-likeness (QED) is 0.358. The number of nitrogens with zero attached hydrogens (tertiary/aromatic N) is 3. The van der Waals surface area contributed by atoms with Gasteiger partial charge < -0.3 is 4.57 Å². The second kappa shape index (κ2) is 7.77. The minimum absolute atomic E-state index is 0. The Morgan fingerprint density at radius 1 is 0.885 bits per heavy atom. The van der Waals surface area contributed by atoms with Gasteiger partial charge in [0.25, 0.3) is 0 Å². The molecule has 0 bridgehead atoms. The molecule has 4 aromatic rings. The summed E-state index contributed by atoms with van der Waals surface area (Å²) >= 11 is 0. The molecule has 131 valence electrons. The van der Waals surface area contributed by atoms with Crippen molar-refractivity contribution in [1.82, 2.24) is 14.5 Å². The van der Waals surface area contributed by atoms with Crippen LogP contribution in [0.3, 0.4) is 0 Å². The van der Waals surface area contributed by atoms with Gasteiger partial charge in [0.15, 0.2) is 0 Å². The molecule has 4 heteroatoms. The van der Waals surface area contributed by atoms with Gasteiger partial charge in [-0.15, -0.1) is 35.9 Å². The molecule has 0 amide bonds. The molecule has 0 atom stereocenters. The van der Waals surface area contributed by atoms with Gasteiger partial charge in [-0.1, -0.05) is 0 Å². The molecular weight excluding hydrogens is 498 g/mol. The fourth-order valence-corrected chi connectivity index (χ4v) is 3.26. The van der Waals surface area contributed by atoms with E-state index < -0.39 is 0 Å². The fourth-order valence-electron chi connectivity index (χ4n) is 3.26. The molecule has 26 heavy (non-hydrogen) atoms. The third-order valence-electron chi connectivity index (χ3n) is 4.34. The Morgan fingerprint density at radius 2 is 1.62 bits per heavy atom. The summed E-state index contributed by atoms with van der Waals surface area (Å²) in [6.07, 6.45) is 7.50. The molecule has 4 rings (SSSR count). The predicted molar refractivity (Wildman–Crippen MR) is 101 cm³/mol. The van der Waals surface area contributed by atoms with Crippen LogP contribution < -0.4 is 0 Å². The SMILES string of the molecule is Cc1cc(-c2ccncc2)cc(C)c1-n1ccnc1-c1[c-]cccc1.[Ir]. The average Bonchev–Trinajstić information content (AvgIpc) is 3.12.